The van der Waals surface area contributed by atoms with E-state index in [0.717, 1.165) is 11.3 Å². The van der Waals surface area contributed by atoms with E-state index >= 15 is 0 Å². The average Bonchev–Trinajstić information content (AvgIpc) is 2.98. The predicted octanol–water partition coefficient (Wildman–Crippen LogP) is 2.75. The van der Waals surface area contributed by atoms with Crippen LogP contribution in [-0.2, 0) is 9.63 Å². The molecule has 0 saturated carbocycles. The molecule has 1 aliphatic rings. The summed E-state index contributed by atoms with van der Waals surface area (Å²) in [6.45, 7) is 3.73. The van der Waals surface area contributed by atoms with E-state index in [4.69, 9.17) is 22.9 Å². The van der Waals surface area contributed by atoms with Gasteiger partial charge < -0.3 is 10.2 Å². The van der Waals surface area contributed by atoms with Crippen LogP contribution in [0.2, 0.25) is 5.02 Å². The fraction of sp³-hybridized carbons (Fsp3) is 0.375. The van der Waals surface area contributed by atoms with Gasteiger partial charge in [-0.2, -0.15) is 0 Å². The summed E-state index contributed by atoms with van der Waals surface area (Å²) in [4.78, 5) is 17.4. The minimum absolute atomic E-state index is 0.245. The third-order valence-corrected chi connectivity index (χ3v) is 3.82. The van der Waals surface area contributed by atoms with Crippen LogP contribution in [0.15, 0.2) is 29.4 Å². The number of carbonyl (C=O) groups is 1. The van der Waals surface area contributed by atoms with Crippen LogP contribution in [0.3, 0.4) is 0 Å². The van der Waals surface area contributed by atoms with Gasteiger partial charge in [-0.1, -0.05) is 41.7 Å². The molecule has 1 aromatic rings. The van der Waals surface area contributed by atoms with Crippen molar-refractivity contribution in [3.8, 4) is 12.3 Å². The van der Waals surface area contributed by atoms with Gasteiger partial charge in [0.05, 0.1) is 11.3 Å². The molecule has 5 heteroatoms. The number of nitrogens with zero attached hydrogens (tertiary/aromatic N) is 1. The Morgan fingerprint density at radius 2 is 2.24 bits per heavy atom. The first-order valence-electron chi connectivity index (χ1n) is 6.76. The lowest BCUT2D eigenvalue weighted by molar-refractivity contribution is -0.132. The Morgan fingerprint density at radius 3 is 2.81 bits per heavy atom. The molecular weight excluding hydrogens is 288 g/mol. The fourth-order valence-corrected chi connectivity index (χ4v) is 2.04. The van der Waals surface area contributed by atoms with Crippen molar-refractivity contribution in [3.05, 3.63) is 34.9 Å². The number of hydrogen-bond donors (Lipinski definition) is 1. The summed E-state index contributed by atoms with van der Waals surface area (Å²) in [5.74, 6) is 2.35. The molecule has 110 valence electrons. The first-order valence-corrected chi connectivity index (χ1v) is 7.13. The third-order valence-electron chi connectivity index (χ3n) is 3.56. The standard InChI is InChI=1S/C16H17ClN2O2/c1-4-16(3,5-2)18-15(20)14-10-13(19-21-14)11-6-8-12(17)9-7-11/h1,6-9,14H,5,10H2,2-3H3,(H,18,20)/t14-,16-/m1/s1. The Morgan fingerprint density at radius 1 is 1.57 bits per heavy atom. The third kappa shape index (κ3) is 3.56. The number of terminal acetylenes is 1. The van der Waals surface area contributed by atoms with Gasteiger partial charge in [0.1, 0.15) is 0 Å². The van der Waals surface area contributed by atoms with Gasteiger partial charge >= 0.3 is 0 Å². The van der Waals surface area contributed by atoms with Gasteiger partial charge in [0.2, 0.25) is 6.10 Å². The van der Waals surface area contributed by atoms with Crippen LogP contribution in [0.25, 0.3) is 0 Å². The molecule has 0 unspecified atom stereocenters. The molecule has 0 bridgehead atoms. The SMILES string of the molecule is C#C[C@](C)(CC)NC(=O)[C@H]1CC(c2ccc(Cl)cc2)=NO1. The van der Waals surface area contributed by atoms with Crippen molar-refractivity contribution < 1.29 is 9.63 Å². The van der Waals surface area contributed by atoms with Crippen LogP contribution in [0.5, 0.6) is 0 Å². The van der Waals surface area contributed by atoms with Gasteiger partial charge in [-0.15, -0.1) is 6.42 Å². The second kappa shape index (κ2) is 6.19. The highest BCUT2D eigenvalue weighted by Gasteiger charge is 2.32. The van der Waals surface area contributed by atoms with Crippen LogP contribution in [0.4, 0.5) is 0 Å². The zero-order valence-corrected chi connectivity index (χ0v) is 12.8. The van der Waals surface area contributed by atoms with Gasteiger partial charge in [0.25, 0.3) is 5.91 Å². The Balaban J connectivity index is 2.00. The van der Waals surface area contributed by atoms with E-state index in [1.165, 1.54) is 0 Å². The quantitative estimate of drug-likeness (QED) is 0.870. The van der Waals surface area contributed by atoms with Gasteiger partial charge in [-0.25, -0.2) is 0 Å². The second-order valence-electron chi connectivity index (χ2n) is 5.16. The Labute approximate surface area is 129 Å². The van der Waals surface area contributed by atoms with E-state index in [0.29, 0.717) is 17.9 Å². The largest absolute Gasteiger partial charge is 0.382 e. The number of rotatable bonds is 4. The summed E-state index contributed by atoms with van der Waals surface area (Å²) in [6.07, 6.45) is 5.87. The van der Waals surface area contributed by atoms with Crippen molar-refractivity contribution in [1.29, 1.82) is 0 Å². The molecule has 1 amide bonds. The molecule has 2 atom stereocenters. The van der Waals surface area contributed by atoms with Crippen molar-refractivity contribution in [2.75, 3.05) is 0 Å². The second-order valence-corrected chi connectivity index (χ2v) is 5.60. The molecule has 0 fully saturated rings. The molecule has 1 aromatic carbocycles. The Hall–Kier alpha value is -1.99. The number of carbonyl (C=O) groups excluding carboxylic acids is 1. The number of hydrogen-bond acceptors (Lipinski definition) is 3. The summed E-state index contributed by atoms with van der Waals surface area (Å²) in [5, 5.41) is 7.46. The zero-order valence-electron chi connectivity index (χ0n) is 12.0. The summed E-state index contributed by atoms with van der Waals surface area (Å²) in [7, 11) is 0. The minimum atomic E-state index is -0.663. The maximum atomic E-state index is 12.2. The van der Waals surface area contributed by atoms with Crippen molar-refractivity contribution in [1.82, 2.24) is 5.32 Å². The molecular formula is C16H17ClN2O2. The molecule has 0 saturated heterocycles. The topological polar surface area (TPSA) is 50.7 Å². The van der Waals surface area contributed by atoms with Crippen molar-refractivity contribution in [2.45, 2.75) is 38.3 Å². The lowest BCUT2D eigenvalue weighted by Gasteiger charge is -2.24. The average molecular weight is 305 g/mol. The maximum absolute atomic E-state index is 12.2. The van der Waals surface area contributed by atoms with Gasteiger partial charge in [-0.3, -0.25) is 4.79 Å². The van der Waals surface area contributed by atoms with Crippen molar-refractivity contribution in [2.24, 2.45) is 5.16 Å². The summed E-state index contributed by atoms with van der Waals surface area (Å²) in [5.41, 5.74) is 0.958. The lowest BCUT2D eigenvalue weighted by Crippen LogP contribution is -2.48. The molecule has 0 spiro atoms. The van der Waals surface area contributed by atoms with Crippen LogP contribution in [0, 0.1) is 12.3 Å². The minimum Gasteiger partial charge on any atom is -0.382 e. The predicted molar refractivity (Wildman–Crippen MR) is 83.2 cm³/mol. The Kier molecular flexibility index (Phi) is 4.54. The van der Waals surface area contributed by atoms with E-state index in [2.05, 4.69) is 16.4 Å². The van der Waals surface area contributed by atoms with E-state index in [-0.39, 0.29) is 5.91 Å². The van der Waals surface area contributed by atoms with Crippen molar-refractivity contribution >= 4 is 23.2 Å². The molecule has 0 aliphatic carbocycles. The number of amides is 1. The number of oxime groups is 1. The maximum Gasteiger partial charge on any atom is 0.265 e. The zero-order chi connectivity index (χ0) is 15.5. The molecule has 4 nitrogen and oxygen atoms in total. The van der Waals surface area contributed by atoms with Crippen LogP contribution in [-0.4, -0.2) is 23.3 Å². The number of benzene rings is 1. The summed E-state index contributed by atoms with van der Waals surface area (Å²) >= 11 is 5.85. The van der Waals surface area contributed by atoms with Gasteiger partial charge in [0.15, 0.2) is 0 Å². The highest BCUT2D eigenvalue weighted by molar-refractivity contribution is 6.30. The highest BCUT2D eigenvalue weighted by atomic mass is 35.5. The van der Waals surface area contributed by atoms with Gasteiger partial charge in [0, 0.05) is 11.4 Å². The first-order chi connectivity index (χ1) is 9.97. The van der Waals surface area contributed by atoms with E-state index in [9.17, 15) is 4.79 Å². The van der Waals surface area contributed by atoms with E-state index in [1.807, 2.05) is 19.1 Å². The molecule has 0 aromatic heterocycles. The fourth-order valence-electron chi connectivity index (χ4n) is 1.91. The summed E-state index contributed by atoms with van der Waals surface area (Å²) < 4.78 is 0. The monoisotopic (exact) mass is 304 g/mol. The van der Waals surface area contributed by atoms with Crippen LogP contribution < -0.4 is 5.32 Å². The lowest BCUT2D eigenvalue weighted by atomic mass is 9.99. The van der Waals surface area contributed by atoms with Crippen LogP contribution >= 0.6 is 11.6 Å². The Bertz CT molecular complexity index is 604. The number of halogens is 1. The summed E-state index contributed by atoms with van der Waals surface area (Å²) in [6, 6.07) is 7.25. The molecule has 21 heavy (non-hydrogen) atoms. The van der Waals surface area contributed by atoms with Gasteiger partial charge in [-0.05, 0) is 31.0 Å². The molecule has 1 aliphatic heterocycles. The molecule has 1 heterocycles. The highest BCUT2D eigenvalue weighted by Crippen LogP contribution is 2.19. The molecule has 0 radical (unpaired) electrons. The van der Waals surface area contributed by atoms with Crippen molar-refractivity contribution in [3.63, 3.8) is 0 Å². The first kappa shape index (κ1) is 15.4. The molecule has 1 N–H and O–H groups in total. The van der Waals surface area contributed by atoms with E-state index < -0.39 is 11.6 Å². The van der Waals surface area contributed by atoms with E-state index in [1.54, 1.807) is 19.1 Å². The smallest absolute Gasteiger partial charge is 0.265 e. The van der Waals surface area contributed by atoms with Crippen LogP contribution in [0.1, 0.15) is 32.3 Å². The molecule has 2 rings (SSSR count). The normalized spacial score (nSPS) is 19.9. The number of nitrogens with one attached hydrogen (secondary N) is 1.